The summed E-state index contributed by atoms with van der Waals surface area (Å²) in [6, 6.07) is 85.3. The number of aromatic nitrogens is 1. The van der Waals surface area contributed by atoms with Gasteiger partial charge in [-0.3, -0.25) is 0 Å². The van der Waals surface area contributed by atoms with Crippen LogP contribution in [0.15, 0.2) is 231 Å². The smallest absolute Gasteiger partial charge is 0.0544 e. The molecule has 0 saturated carbocycles. The number of rotatable bonds is 6. The van der Waals surface area contributed by atoms with E-state index in [1.807, 2.05) is 0 Å². The van der Waals surface area contributed by atoms with Gasteiger partial charge in [0.05, 0.1) is 5.69 Å². The number of fused-ring (bicyclic) bond motifs is 6. The van der Waals surface area contributed by atoms with Gasteiger partial charge in [0.15, 0.2) is 0 Å². The van der Waals surface area contributed by atoms with Crippen LogP contribution < -0.4 is 0 Å². The molecule has 1 aliphatic rings. The second-order valence-electron chi connectivity index (χ2n) is 17.2. The number of hydrogen-bond donors (Lipinski definition) is 1. The summed E-state index contributed by atoms with van der Waals surface area (Å²) in [7, 11) is 0. The summed E-state index contributed by atoms with van der Waals surface area (Å²) >= 11 is 0. The van der Waals surface area contributed by atoms with E-state index in [4.69, 9.17) is 0 Å². The minimum Gasteiger partial charge on any atom is -0.354 e. The number of H-pyrrole nitrogens is 1. The molecule has 0 radical (unpaired) electrons. The molecule has 11 aromatic carbocycles. The zero-order valence-corrected chi connectivity index (χ0v) is 35.1. The predicted octanol–water partition coefficient (Wildman–Crippen LogP) is 17.0. The number of allylic oxidation sites excluding steroid dienone is 1. The number of hydrogen-bond acceptors (Lipinski definition) is 0. The molecule has 12 aromatic rings. The summed E-state index contributed by atoms with van der Waals surface area (Å²) < 4.78 is 0. The lowest BCUT2D eigenvalue weighted by atomic mass is 9.82. The first-order valence-electron chi connectivity index (χ1n) is 22.3. The molecule has 298 valence electrons. The van der Waals surface area contributed by atoms with Crippen molar-refractivity contribution in [1.82, 2.24) is 4.98 Å². The highest BCUT2D eigenvalue weighted by atomic mass is 14.7. The maximum atomic E-state index is 4.00. The Morgan fingerprint density at radius 1 is 0.297 bits per heavy atom. The SMILES string of the molecule is c1ccc(C2=C(c3ccccc3)c3cc4c(-c5ccc6ccccc6c5)c5cc6[nH]c(-c7ccccc7)c(-c7ccccc7)c6cc5c(-c5ccc6ccccc6c5)c4cc3C2)cc1. The highest BCUT2D eigenvalue weighted by Gasteiger charge is 2.28. The van der Waals surface area contributed by atoms with Crippen LogP contribution in [0.3, 0.4) is 0 Å². The van der Waals surface area contributed by atoms with E-state index in [0.29, 0.717) is 0 Å². The Morgan fingerprint density at radius 2 is 0.766 bits per heavy atom. The standard InChI is InChI=1S/C63H41N/c1-5-19-42(20-6-1)51-35-50-36-53-54(37-52(50)59(51)43-21-7-2-8-22-43)61(49-32-30-41-18-14-16-28-47(41)34-49)56-39-58-57(38-55(56)60(53)48-31-29-40-17-13-15-27-46(40)33-48)62(44-23-9-3-10-24-44)63(64-58)45-25-11-4-12-26-45/h1-34,36-39,64H,35H2. The molecule has 0 saturated heterocycles. The van der Waals surface area contributed by atoms with Crippen molar-refractivity contribution in [2.24, 2.45) is 0 Å². The normalized spacial score (nSPS) is 12.6. The van der Waals surface area contributed by atoms with Crippen LogP contribution in [0.5, 0.6) is 0 Å². The van der Waals surface area contributed by atoms with Crippen molar-refractivity contribution >= 4 is 65.1 Å². The van der Waals surface area contributed by atoms with Crippen LogP contribution >= 0.6 is 0 Å². The Balaban J connectivity index is 1.21. The Kier molecular flexibility index (Phi) is 8.35. The van der Waals surface area contributed by atoms with Crippen molar-refractivity contribution in [3.05, 3.63) is 253 Å². The molecule has 1 heterocycles. The molecule has 1 aliphatic carbocycles. The van der Waals surface area contributed by atoms with Crippen LogP contribution in [0, 0.1) is 0 Å². The van der Waals surface area contributed by atoms with Gasteiger partial charge in [0, 0.05) is 16.5 Å². The summed E-state index contributed by atoms with van der Waals surface area (Å²) in [5.74, 6) is 0. The van der Waals surface area contributed by atoms with Crippen LogP contribution in [-0.2, 0) is 6.42 Å². The lowest BCUT2D eigenvalue weighted by Crippen LogP contribution is -1.95. The summed E-state index contributed by atoms with van der Waals surface area (Å²) in [5, 5.41) is 11.2. The Hall–Kier alpha value is -8.26. The minimum atomic E-state index is 0.857. The van der Waals surface area contributed by atoms with Gasteiger partial charge in [-0.05, 0) is 153 Å². The summed E-state index contributed by atoms with van der Waals surface area (Å²) in [4.78, 5) is 4.00. The van der Waals surface area contributed by atoms with E-state index in [2.05, 4.69) is 236 Å². The molecule has 1 nitrogen and oxygen atoms in total. The van der Waals surface area contributed by atoms with E-state index in [0.717, 1.165) is 17.6 Å². The van der Waals surface area contributed by atoms with Crippen LogP contribution in [0.25, 0.3) is 110 Å². The first kappa shape index (κ1) is 36.4. The fraction of sp³-hybridized carbons (Fsp3) is 0.0159. The molecule has 64 heavy (non-hydrogen) atoms. The average Bonchev–Trinajstić information content (AvgIpc) is 3.93. The van der Waals surface area contributed by atoms with Gasteiger partial charge >= 0.3 is 0 Å². The highest BCUT2D eigenvalue weighted by molar-refractivity contribution is 6.26. The molecule has 13 rings (SSSR count). The number of benzene rings is 11. The zero-order chi connectivity index (χ0) is 42.1. The third kappa shape index (κ3) is 5.86. The number of aromatic amines is 1. The first-order chi connectivity index (χ1) is 31.7. The fourth-order valence-corrected chi connectivity index (χ4v) is 10.7. The van der Waals surface area contributed by atoms with Gasteiger partial charge in [-0.15, -0.1) is 0 Å². The predicted molar refractivity (Wildman–Crippen MR) is 273 cm³/mol. The van der Waals surface area contributed by atoms with E-state index in [9.17, 15) is 0 Å². The molecule has 0 aliphatic heterocycles. The molecule has 1 heteroatoms. The molecule has 0 unspecified atom stereocenters. The maximum Gasteiger partial charge on any atom is 0.0544 e. The molecular formula is C63H41N. The first-order valence-corrected chi connectivity index (χ1v) is 22.3. The third-order valence-corrected chi connectivity index (χ3v) is 13.6. The van der Waals surface area contributed by atoms with E-state index >= 15 is 0 Å². The van der Waals surface area contributed by atoms with E-state index in [-0.39, 0.29) is 0 Å². The topological polar surface area (TPSA) is 15.8 Å². The quantitative estimate of drug-likeness (QED) is 0.161. The molecule has 0 spiro atoms. The highest BCUT2D eigenvalue weighted by Crippen LogP contribution is 2.51. The van der Waals surface area contributed by atoms with Gasteiger partial charge < -0.3 is 4.98 Å². The van der Waals surface area contributed by atoms with E-state index < -0.39 is 0 Å². The van der Waals surface area contributed by atoms with Crippen LogP contribution in [0.2, 0.25) is 0 Å². The maximum absolute atomic E-state index is 4.00. The minimum absolute atomic E-state index is 0.857. The monoisotopic (exact) mass is 811 g/mol. The van der Waals surface area contributed by atoms with Gasteiger partial charge in [-0.2, -0.15) is 0 Å². The van der Waals surface area contributed by atoms with Crippen molar-refractivity contribution in [1.29, 1.82) is 0 Å². The zero-order valence-electron chi connectivity index (χ0n) is 35.1. The van der Waals surface area contributed by atoms with E-state index in [1.165, 1.54) is 121 Å². The molecule has 1 aromatic heterocycles. The van der Waals surface area contributed by atoms with Crippen LogP contribution in [-0.4, -0.2) is 4.98 Å². The van der Waals surface area contributed by atoms with Gasteiger partial charge in [0.2, 0.25) is 0 Å². The largest absolute Gasteiger partial charge is 0.354 e. The molecule has 1 N–H and O–H groups in total. The van der Waals surface area contributed by atoms with Crippen molar-refractivity contribution in [3.63, 3.8) is 0 Å². The lowest BCUT2D eigenvalue weighted by molar-refractivity contribution is 1.33. The van der Waals surface area contributed by atoms with E-state index in [1.54, 1.807) is 0 Å². The van der Waals surface area contributed by atoms with Crippen molar-refractivity contribution in [2.45, 2.75) is 6.42 Å². The van der Waals surface area contributed by atoms with Crippen molar-refractivity contribution in [2.75, 3.05) is 0 Å². The Morgan fingerprint density at radius 3 is 1.36 bits per heavy atom. The van der Waals surface area contributed by atoms with Gasteiger partial charge in [-0.25, -0.2) is 0 Å². The van der Waals surface area contributed by atoms with Crippen molar-refractivity contribution in [3.8, 4) is 44.6 Å². The van der Waals surface area contributed by atoms with Gasteiger partial charge in [0.25, 0.3) is 0 Å². The average molecular weight is 812 g/mol. The molecule has 0 amide bonds. The molecule has 0 bridgehead atoms. The van der Waals surface area contributed by atoms with Gasteiger partial charge in [-0.1, -0.05) is 194 Å². The van der Waals surface area contributed by atoms with Crippen LogP contribution in [0.4, 0.5) is 0 Å². The summed E-state index contributed by atoms with van der Waals surface area (Å²) in [5.41, 5.74) is 18.7. The van der Waals surface area contributed by atoms with Crippen LogP contribution in [0.1, 0.15) is 22.3 Å². The molecule has 0 fully saturated rings. The summed E-state index contributed by atoms with van der Waals surface area (Å²) in [6.45, 7) is 0. The van der Waals surface area contributed by atoms with Gasteiger partial charge in [0.1, 0.15) is 0 Å². The Bertz CT molecular complexity index is 3820. The molecule has 0 atom stereocenters. The second-order valence-corrected chi connectivity index (χ2v) is 17.2. The fourth-order valence-electron chi connectivity index (χ4n) is 10.7. The number of nitrogens with one attached hydrogen (secondary N) is 1. The molecular weight excluding hydrogens is 771 g/mol. The lowest BCUT2D eigenvalue weighted by Gasteiger charge is -2.21. The van der Waals surface area contributed by atoms with Crippen molar-refractivity contribution < 1.29 is 0 Å². The summed E-state index contributed by atoms with van der Waals surface area (Å²) in [6.07, 6.45) is 0.857. The second kappa shape index (κ2) is 14.7. The third-order valence-electron chi connectivity index (χ3n) is 13.6. The Labute approximate surface area is 372 Å².